The molecule has 1 aliphatic rings. The molecule has 0 aromatic carbocycles. The predicted octanol–water partition coefficient (Wildman–Crippen LogP) is 1.30. The number of carbonyl (C=O) groups is 1. The van der Waals surface area contributed by atoms with Crippen LogP contribution in [0.1, 0.15) is 19.4 Å². The van der Waals surface area contributed by atoms with Gasteiger partial charge in [0.2, 0.25) is 5.88 Å². The van der Waals surface area contributed by atoms with Gasteiger partial charge in [0, 0.05) is 31.9 Å². The molecule has 0 bridgehead atoms. The molecule has 2 atom stereocenters. The van der Waals surface area contributed by atoms with Crippen LogP contribution in [-0.2, 0) is 16.1 Å². The van der Waals surface area contributed by atoms with Gasteiger partial charge in [-0.2, -0.15) is 0 Å². The van der Waals surface area contributed by atoms with Crippen molar-refractivity contribution in [3.05, 3.63) is 23.9 Å². The van der Waals surface area contributed by atoms with Crippen molar-refractivity contribution in [2.45, 2.75) is 20.4 Å². The zero-order valence-corrected chi connectivity index (χ0v) is 14.8. The molecular weight excluding hydrogens is 308 g/mol. The molecule has 1 fully saturated rings. The third kappa shape index (κ3) is 4.37. The average molecular weight is 334 g/mol. The zero-order valence-electron chi connectivity index (χ0n) is 14.8. The molecule has 0 amide bonds. The molecule has 7 nitrogen and oxygen atoms in total. The third-order valence-electron chi connectivity index (χ3n) is 4.17. The summed E-state index contributed by atoms with van der Waals surface area (Å²) < 4.78 is 9.96. The van der Waals surface area contributed by atoms with Crippen LogP contribution in [0.4, 0.5) is 0 Å². The van der Waals surface area contributed by atoms with Crippen molar-refractivity contribution in [2.24, 2.45) is 16.8 Å². The maximum atomic E-state index is 11.9. The van der Waals surface area contributed by atoms with Gasteiger partial charge in [-0.1, -0.05) is 13.0 Å². The molecule has 2 unspecified atom stereocenters. The van der Waals surface area contributed by atoms with Crippen LogP contribution in [0.3, 0.4) is 0 Å². The Morgan fingerprint density at radius 2 is 2.21 bits per heavy atom. The van der Waals surface area contributed by atoms with Crippen molar-refractivity contribution in [1.29, 1.82) is 0 Å². The van der Waals surface area contributed by atoms with E-state index in [0.29, 0.717) is 19.0 Å². The first-order chi connectivity index (χ1) is 11.6. The molecule has 2 rings (SSSR count). The van der Waals surface area contributed by atoms with Gasteiger partial charge in [-0.3, -0.25) is 4.79 Å². The standard InChI is InChI=1S/C17H26N4O3/c1-5-18-17(20-9-13-6-7-15(23-3)19-8-13)21-10-12(2)14(11-21)16(22)24-4/h6-8,12,14H,5,9-11H2,1-4H3,(H,18,20). The summed E-state index contributed by atoms with van der Waals surface area (Å²) in [6.45, 7) is 6.80. The Balaban J connectivity index is 2.06. The Labute approximate surface area is 143 Å². The van der Waals surface area contributed by atoms with Gasteiger partial charge in [0.1, 0.15) is 0 Å². The van der Waals surface area contributed by atoms with E-state index in [1.54, 1.807) is 13.3 Å². The minimum absolute atomic E-state index is 0.110. The van der Waals surface area contributed by atoms with E-state index >= 15 is 0 Å². The molecule has 7 heteroatoms. The molecule has 1 aliphatic heterocycles. The molecule has 24 heavy (non-hydrogen) atoms. The number of nitrogens with one attached hydrogen (secondary N) is 1. The van der Waals surface area contributed by atoms with Crippen molar-refractivity contribution < 1.29 is 14.3 Å². The Morgan fingerprint density at radius 3 is 2.79 bits per heavy atom. The number of methoxy groups -OCH3 is 2. The largest absolute Gasteiger partial charge is 0.481 e. The second-order valence-corrected chi connectivity index (χ2v) is 5.89. The third-order valence-corrected chi connectivity index (χ3v) is 4.17. The number of pyridine rings is 1. The van der Waals surface area contributed by atoms with E-state index in [4.69, 9.17) is 9.47 Å². The molecule has 1 N–H and O–H groups in total. The highest BCUT2D eigenvalue weighted by atomic mass is 16.5. The summed E-state index contributed by atoms with van der Waals surface area (Å²) in [7, 11) is 3.03. The van der Waals surface area contributed by atoms with Crippen LogP contribution < -0.4 is 10.1 Å². The first-order valence-electron chi connectivity index (χ1n) is 8.19. The normalized spacial score (nSPS) is 20.8. The highest BCUT2D eigenvalue weighted by Crippen LogP contribution is 2.24. The van der Waals surface area contributed by atoms with Crippen LogP contribution in [0.2, 0.25) is 0 Å². The van der Waals surface area contributed by atoms with Crippen LogP contribution >= 0.6 is 0 Å². The fraction of sp³-hybridized carbons (Fsp3) is 0.588. The van der Waals surface area contributed by atoms with Gasteiger partial charge in [0.05, 0.1) is 26.7 Å². The van der Waals surface area contributed by atoms with Gasteiger partial charge in [0.25, 0.3) is 0 Å². The Bertz CT molecular complexity index is 574. The van der Waals surface area contributed by atoms with Gasteiger partial charge >= 0.3 is 5.97 Å². The molecule has 0 saturated carbocycles. The maximum absolute atomic E-state index is 11.9. The van der Waals surface area contributed by atoms with Crippen LogP contribution in [0.5, 0.6) is 5.88 Å². The van der Waals surface area contributed by atoms with E-state index in [-0.39, 0.29) is 17.8 Å². The number of guanidine groups is 1. The number of carbonyl (C=O) groups excluding carboxylic acids is 1. The highest BCUT2D eigenvalue weighted by Gasteiger charge is 2.36. The van der Waals surface area contributed by atoms with Gasteiger partial charge in [0.15, 0.2) is 5.96 Å². The topological polar surface area (TPSA) is 76.1 Å². The summed E-state index contributed by atoms with van der Waals surface area (Å²) >= 11 is 0. The number of hydrogen-bond donors (Lipinski definition) is 1. The zero-order chi connectivity index (χ0) is 17.5. The molecule has 1 aromatic heterocycles. The molecule has 1 aromatic rings. The van der Waals surface area contributed by atoms with E-state index in [2.05, 4.69) is 27.1 Å². The number of ether oxygens (including phenoxy) is 2. The minimum Gasteiger partial charge on any atom is -0.481 e. The van der Waals surface area contributed by atoms with Gasteiger partial charge < -0.3 is 19.7 Å². The lowest BCUT2D eigenvalue weighted by Gasteiger charge is -2.21. The number of likely N-dealkylation sites (tertiary alicyclic amines) is 1. The summed E-state index contributed by atoms with van der Waals surface area (Å²) in [5.41, 5.74) is 1.00. The fourth-order valence-corrected chi connectivity index (χ4v) is 2.82. The van der Waals surface area contributed by atoms with Gasteiger partial charge in [-0.25, -0.2) is 9.98 Å². The highest BCUT2D eigenvalue weighted by molar-refractivity contribution is 5.82. The lowest BCUT2D eigenvalue weighted by Crippen LogP contribution is -2.40. The Hall–Kier alpha value is -2.31. The molecule has 2 heterocycles. The monoisotopic (exact) mass is 334 g/mol. The fourth-order valence-electron chi connectivity index (χ4n) is 2.82. The number of aromatic nitrogens is 1. The Morgan fingerprint density at radius 1 is 1.42 bits per heavy atom. The molecular formula is C17H26N4O3. The second-order valence-electron chi connectivity index (χ2n) is 5.89. The van der Waals surface area contributed by atoms with E-state index in [9.17, 15) is 4.79 Å². The predicted molar refractivity (Wildman–Crippen MR) is 91.8 cm³/mol. The number of hydrogen-bond acceptors (Lipinski definition) is 5. The van der Waals surface area contributed by atoms with E-state index in [1.165, 1.54) is 7.11 Å². The quantitative estimate of drug-likeness (QED) is 0.497. The molecule has 0 spiro atoms. The van der Waals surface area contributed by atoms with Crippen molar-refractivity contribution in [3.63, 3.8) is 0 Å². The van der Waals surface area contributed by atoms with Gasteiger partial charge in [-0.15, -0.1) is 0 Å². The van der Waals surface area contributed by atoms with Crippen molar-refractivity contribution >= 4 is 11.9 Å². The van der Waals surface area contributed by atoms with Crippen LogP contribution in [0.15, 0.2) is 23.3 Å². The smallest absolute Gasteiger partial charge is 0.310 e. The summed E-state index contributed by atoms with van der Waals surface area (Å²) in [4.78, 5) is 22.8. The van der Waals surface area contributed by atoms with Crippen LogP contribution in [0.25, 0.3) is 0 Å². The van der Waals surface area contributed by atoms with E-state index < -0.39 is 0 Å². The summed E-state index contributed by atoms with van der Waals surface area (Å²) in [6.07, 6.45) is 1.76. The van der Waals surface area contributed by atoms with Gasteiger partial charge in [-0.05, 0) is 18.4 Å². The lowest BCUT2D eigenvalue weighted by atomic mass is 9.99. The first-order valence-corrected chi connectivity index (χ1v) is 8.19. The molecule has 132 valence electrons. The minimum atomic E-state index is -0.153. The second kappa shape index (κ2) is 8.52. The number of rotatable bonds is 5. The molecule has 1 saturated heterocycles. The lowest BCUT2D eigenvalue weighted by molar-refractivity contribution is -0.145. The van der Waals surface area contributed by atoms with E-state index in [1.807, 2.05) is 19.1 Å². The van der Waals surface area contributed by atoms with Crippen LogP contribution in [-0.4, -0.2) is 55.7 Å². The number of aliphatic imine (C=N–C) groups is 1. The Kier molecular flexibility index (Phi) is 6.40. The number of nitrogens with zero attached hydrogens (tertiary/aromatic N) is 3. The molecule has 0 radical (unpaired) electrons. The average Bonchev–Trinajstić information content (AvgIpc) is 3.00. The van der Waals surface area contributed by atoms with Crippen molar-refractivity contribution in [1.82, 2.24) is 15.2 Å². The number of esters is 1. The molecule has 0 aliphatic carbocycles. The maximum Gasteiger partial charge on any atom is 0.310 e. The summed E-state index contributed by atoms with van der Waals surface area (Å²) in [6, 6.07) is 3.77. The summed E-state index contributed by atoms with van der Waals surface area (Å²) in [5, 5.41) is 3.29. The van der Waals surface area contributed by atoms with E-state index in [0.717, 1.165) is 24.6 Å². The first kappa shape index (κ1) is 18.0. The summed E-state index contributed by atoms with van der Waals surface area (Å²) in [5.74, 6) is 1.38. The van der Waals surface area contributed by atoms with Crippen molar-refractivity contribution in [2.75, 3.05) is 33.9 Å². The van der Waals surface area contributed by atoms with Crippen molar-refractivity contribution in [3.8, 4) is 5.88 Å². The van der Waals surface area contributed by atoms with Crippen LogP contribution in [0, 0.1) is 11.8 Å². The SMILES string of the molecule is CCNC(=NCc1ccc(OC)nc1)N1CC(C)C(C(=O)OC)C1.